The fraction of sp³-hybridized carbons (Fsp3) is 0.600. The summed E-state index contributed by atoms with van der Waals surface area (Å²) in [6.45, 7) is 1.01. The molecule has 18 heavy (non-hydrogen) atoms. The highest BCUT2D eigenvalue weighted by atomic mass is 32.1. The molecule has 1 unspecified atom stereocenters. The summed E-state index contributed by atoms with van der Waals surface area (Å²) in [4.78, 5) is 3.88. The minimum absolute atomic E-state index is 0.131. The summed E-state index contributed by atoms with van der Waals surface area (Å²) < 4.78 is 6.93. The van der Waals surface area contributed by atoms with Crippen LogP contribution in [0.4, 0.5) is 5.82 Å². The maximum Gasteiger partial charge on any atom is 0.203 e. The highest BCUT2D eigenvalue weighted by molar-refractivity contribution is 7.71. The molecule has 2 heterocycles. The van der Waals surface area contributed by atoms with Gasteiger partial charge in [0.05, 0.1) is 6.61 Å². The molecule has 0 spiro atoms. The second-order valence-corrected chi connectivity index (χ2v) is 4.79. The highest BCUT2D eigenvalue weighted by Gasteiger charge is 2.52. The topological polar surface area (TPSA) is 114 Å². The van der Waals surface area contributed by atoms with Gasteiger partial charge in [0.2, 0.25) is 4.77 Å². The maximum absolute atomic E-state index is 10.3. The molecule has 7 nitrogen and oxygen atoms in total. The Hall–Kier alpha value is -1.06. The molecule has 0 radical (unpaired) electrons. The van der Waals surface area contributed by atoms with Crippen LogP contribution in [0.3, 0.4) is 0 Å². The molecule has 1 aliphatic rings. The standard InChI is InChI=1S/C10H15N3O4S/c1-10(16)7(15)5(4-14)17-8(10)13-3-2-6(11)12-9(13)18/h2-3,5,7-8,14-16H,4H2,1H3,(H2,11,12,18)/t5-,7+,8-,10?/m1/s1. The van der Waals surface area contributed by atoms with Crippen molar-refractivity contribution in [3.05, 3.63) is 17.0 Å². The summed E-state index contributed by atoms with van der Waals surface area (Å²) >= 11 is 5.03. The van der Waals surface area contributed by atoms with Crippen molar-refractivity contribution in [3.8, 4) is 0 Å². The van der Waals surface area contributed by atoms with Gasteiger partial charge in [-0.1, -0.05) is 0 Å². The van der Waals surface area contributed by atoms with Gasteiger partial charge in [0.15, 0.2) is 6.23 Å². The molecule has 100 valence electrons. The molecule has 1 aromatic rings. The van der Waals surface area contributed by atoms with E-state index >= 15 is 0 Å². The summed E-state index contributed by atoms with van der Waals surface area (Å²) in [5.74, 6) is 0.258. The molecule has 0 saturated carbocycles. The molecule has 2 rings (SSSR count). The zero-order valence-corrected chi connectivity index (χ0v) is 10.5. The molecule has 8 heteroatoms. The molecule has 1 saturated heterocycles. The van der Waals surface area contributed by atoms with E-state index in [1.165, 1.54) is 23.8 Å². The number of aliphatic hydroxyl groups excluding tert-OH is 2. The van der Waals surface area contributed by atoms with Crippen LogP contribution in [0.25, 0.3) is 0 Å². The lowest BCUT2D eigenvalue weighted by Crippen LogP contribution is -2.44. The minimum atomic E-state index is -1.58. The second-order valence-electron chi connectivity index (χ2n) is 4.42. The van der Waals surface area contributed by atoms with E-state index < -0.39 is 30.6 Å². The third kappa shape index (κ3) is 2.02. The second kappa shape index (κ2) is 4.56. The zero-order chi connectivity index (χ0) is 13.5. The number of nitrogens with zero attached hydrogens (tertiary/aromatic N) is 2. The Labute approximate surface area is 108 Å². The van der Waals surface area contributed by atoms with Gasteiger partial charge in [0.1, 0.15) is 23.6 Å². The lowest BCUT2D eigenvalue weighted by molar-refractivity contribution is -0.0978. The smallest absolute Gasteiger partial charge is 0.203 e. The predicted octanol–water partition coefficient (Wildman–Crippen LogP) is -0.804. The van der Waals surface area contributed by atoms with Crippen LogP contribution in [0.2, 0.25) is 0 Å². The molecule has 0 aliphatic carbocycles. The fourth-order valence-corrected chi connectivity index (χ4v) is 2.26. The van der Waals surface area contributed by atoms with E-state index in [2.05, 4.69) is 4.98 Å². The van der Waals surface area contributed by atoms with Crippen molar-refractivity contribution < 1.29 is 20.1 Å². The van der Waals surface area contributed by atoms with Gasteiger partial charge in [-0.05, 0) is 25.2 Å². The third-order valence-electron chi connectivity index (χ3n) is 3.04. The van der Waals surface area contributed by atoms with E-state index in [-0.39, 0.29) is 10.6 Å². The van der Waals surface area contributed by atoms with Crippen LogP contribution in [0.5, 0.6) is 0 Å². The maximum atomic E-state index is 10.3. The average molecular weight is 273 g/mol. The minimum Gasteiger partial charge on any atom is -0.394 e. The number of anilines is 1. The Morgan fingerprint density at radius 1 is 1.67 bits per heavy atom. The van der Waals surface area contributed by atoms with Crippen molar-refractivity contribution in [2.75, 3.05) is 12.3 Å². The van der Waals surface area contributed by atoms with Crippen LogP contribution in [0.1, 0.15) is 13.2 Å². The summed E-state index contributed by atoms with van der Waals surface area (Å²) in [7, 11) is 0. The Morgan fingerprint density at radius 3 is 2.83 bits per heavy atom. The Kier molecular flexibility index (Phi) is 3.39. The van der Waals surface area contributed by atoms with Crippen LogP contribution in [-0.4, -0.2) is 49.3 Å². The van der Waals surface area contributed by atoms with E-state index in [0.717, 1.165) is 0 Å². The number of rotatable bonds is 2. The van der Waals surface area contributed by atoms with E-state index in [0.29, 0.717) is 0 Å². The summed E-state index contributed by atoms with van der Waals surface area (Å²) in [5, 5.41) is 29.2. The van der Waals surface area contributed by atoms with Crippen molar-refractivity contribution in [3.63, 3.8) is 0 Å². The monoisotopic (exact) mass is 273 g/mol. The molecule has 1 fully saturated rings. The zero-order valence-electron chi connectivity index (χ0n) is 9.72. The van der Waals surface area contributed by atoms with Crippen molar-refractivity contribution in [2.45, 2.75) is 31.0 Å². The number of hydrogen-bond acceptors (Lipinski definition) is 7. The van der Waals surface area contributed by atoms with Crippen molar-refractivity contribution in [1.29, 1.82) is 0 Å². The summed E-state index contributed by atoms with van der Waals surface area (Å²) in [6, 6.07) is 1.51. The molecule has 1 aromatic heterocycles. The quantitative estimate of drug-likeness (QED) is 0.521. The van der Waals surface area contributed by atoms with E-state index in [9.17, 15) is 10.2 Å². The highest BCUT2D eigenvalue weighted by Crippen LogP contribution is 2.38. The first kappa shape index (κ1) is 13.4. The lowest BCUT2D eigenvalue weighted by Gasteiger charge is -2.27. The van der Waals surface area contributed by atoms with Crippen LogP contribution < -0.4 is 5.73 Å². The van der Waals surface area contributed by atoms with Crippen LogP contribution >= 0.6 is 12.2 Å². The largest absolute Gasteiger partial charge is 0.394 e. The van der Waals surface area contributed by atoms with Gasteiger partial charge in [-0.2, -0.15) is 0 Å². The number of ether oxygens (including phenoxy) is 1. The third-order valence-corrected chi connectivity index (χ3v) is 3.34. The van der Waals surface area contributed by atoms with Gasteiger partial charge in [-0.25, -0.2) is 4.98 Å². The lowest BCUT2D eigenvalue weighted by atomic mass is 9.96. The normalized spacial score (nSPS) is 35.9. The van der Waals surface area contributed by atoms with Gasteiger partial charge >= 0.3 is 0 Å². The van der Waals surface area contributed by atoms with Crippen molar-refractivity contribution >= 4 is 18.0 Å². The summed E-state index contributed by atoms with van der Waals surface area (Å²) in [6.07, 6.45) is -1.49. The molecule has 0 bridgehead atoms. The molecular weight excluding hydrogens is 258 g/mol. The average Bonchev–Trinajstić information content (AvgIpc) is 2.52. The first-order valence-electron chi connectivity index (χ1n) is 5.39. The molecule has 1 aliphatic heterocycles. The first-order valence-corrected chi connectivity index (χ1v) is 5.80. The predicted molar refractivity (Wildman–Crippen MR) is 65.1 cm³/mol. The Morgan fingerprint density at radius 2 is 2.33 bits per heavy atom. The van der Waals surface area contributed by atoms with Gasteiger partial charge in [0, 0.05) is 6.20 Å². The fourth-order valence-electron chi connectivity index (χ4n) is 1.99. The summed E-state index contributed by atoms with van der Waals surface area (Å²) in [5.41, 5.74) is 3.91. The van der Waals surface area contributed by atoms with Gasteiger partial charge in [0.25, 0.3) is 0 Å². The Balaban J connectivity index is 2.42. The number of aromatic nitrogens is 2. The van der Waals surface area contributed by atoms with Crippen LogP contribution in [0, 0.1) is 4.77 Å². The number of nitrogen functional groups attached to an aromatic ring is 1. The van der Waals surface area contributed by atoms with Gasteiger partial charge in [-0.3, -0.25) is 4.57 Å². The van der Waals surface area contributed by atoms with E-state index in [4.69, 9.17) is 27.8 Å². The van der Waals surface area contributed by atoms with Crippen molar-refractivity contribution in [2.24, 2.45) is 0 Å². The van der Waals surface area contributed by atoms with Crippen LogP contribution in [-0.2, 0) is 4.74 Å². The molecule has 0 aromatic carbocycles. The number of nitrogens with two attached hydrogens (primary N) is 1. The molecular formula is C10H15N3O4S. The van der Waals surface area contributed by atoms with Crippen LogP contribution in [0.15, 0.2) is 12.3 Å². The van der Waals surface area contributed by atoms with Crippen molar-refractivity contribution in [1.82, 2.24) is 9.55 Å². The van der Waals surface area contributed by atoms with E-state index in [1.54, 1.807) is 0 Å². The number of hydrogen-bond donors (Lipinski definition) is 4. The van der Waals surface area contributed by atoms with Gasteiger partial charge < -0.3 is 25.8 Å². The molecule has 5 N–H and O–H groups in total. The number of aliphatic hydroxyl groups is 3. The Bertz CT molecular complexity index is 504. The molecule has 0 amide bonds. The molecule has 4 atom stereocenters. The first-order chi connectivity index (χ1) is 8.37. The van der Waals surface area contributed by atoms with Gasteiger partial charge in [-0.15, -0.1) is 0 Å². The van der Waals surface area contributed by atoms with E-state index in [1.807, 2.05) is 0 Å². The SMILES string of the molecule is CC1(O)[C@@H](O)[C@@H](CO)O[C@H]1n1ccc(N)nc1=S.